The number of nitrogens with one attached hydrogen (secondary N) is 1. The number of ether oxygens (including phenoxy) is 1. The number of amides is 1. The molecular weight excluding hydrogens is 380 g/mol. The fourth-order valence-corrected chi connectivity index (χ4v) is 3.16. The van der Waals surface area contributed by atoms with E-state index in [0.717, 1.165) is 28.5 Å². The molecule has 1 N–H and O–H groups in total. The third-order valence-corrected chi connectivity index (χ3v) is 5.04. The average molecular weight is 404 g/mol. The lowest BCUT2D eigenvalue weighted by Crippen LogP contribution is -2.26. The van der Waals surface area contributed by atoms with Crippen molar-refractivity contribution in [2.75, 3.05) is 16.8 Å². The number of aromatic nitrogens is 1. The Hall–Kier alpha value is -2.61. The van der Waals surface area contributed by atoms with Crippen LogP contribution in [0.4, 0.5) is 5.82 Å². The van der Waals surface area contributed by atoms with Crippen molar-refractivity contribution >= 4 is 35.2 Å². The third-order valence-electron chi connectivity index (χ3n) is 4.13. The Morgan fingerprint density at radius 2 is 1.75 bits per heavy atom. The maximum atomic E-state index is 12.6. The molecule has 1 aromatic heterocycles. The van der Waals surface area contributed by atoms with Crippen molar-refractivity contribution in [2.24, 2.45) is 0 Å². The molecule has 0 aliphatic rings. The maximum absolute atomic E-state index is 12.6. The summed E-state index contributed by atoms with van der Waals surface area (Å²) in [5.41, 5.74) is 3.52. The molecule has 150 valence electrons. The lowest BCUT2D eigenvalue weighted by molar-refractivity contribution is -0.143. The predicted octanol–water partition coefficient (Wildman–Crippen LogP) is 3.39. The summed E-state index contributed by atoms with van der Waals surface area (Å²) in [6.45, 7) is 9.05. The second-order valence-corrected chi connectivity index (χ2v) is 7.60. The number of hydrogen-bond donors (Lipinski definition) is 1. The second-order valence-electron chi connectivity index (χ2n) is 6.61. The van der Waals surface area contributed by atoms with Gasteiger partial charge in [-0.25, -0.2) is 0 Å². The predicted molar refractivity (Wildman–Crippen MR) is 108 cm³/mol. The quantitative estimate of drug-likeness (QED) is 0.532. The highest BCUT2D eigenvalue weighted by Crippen LogP contribution is 2.18. The van der Waals surface area contributed by atoms with Crippen molar-refractivity contribution < 1.29 is 23.6 Å². The zero-order valence-corrected chi connectivity index (χ0v) is 17.4. The summed E-state index contributed by atoms with van der Waals surface area (Å²) in [5, 5.41) is 6.22. The van der Waals surface area contributed by atoms with Gasteiger partial charge < -0.3 is 14.6 Å². The zero-order valence-electron chi connectivity index (χ0n) is 16.6. The molecule has 1 heterocycles. The summed E-state index contributed by atoms with van der Waals surface area (Å²) in [6.07, 6.45) is -0.888. The van der Waals surface area contributed by atoms with Gasteiger partial charge in [-0.2, -0.15) is 0 Å². The number of anilines is 1. The normalized spacial score (nSPS) is 11.8. The van der Waals surface area contributed by atoms with Gasteiger partial charge in [0.1, 0.15) is 5.76 Å². The number of esters is 1. The van der Waals surface area contributed by atoms with Gasteiger partial charge in [-0.1, -0.05) is 11.2 Å². The summed E-state index contributed by atoms with van der Waals surface area (Å²) in [6, 6.07) is 5.36. The number of hydrogen-bond acceptors (Lipinski definition) is 7. The smallest absolute Gasteiger partial charge is 0.316 e. The van der Waals surface area contributed by atoms with Gasteiger partial charge in [0, 0.05) is 11.6 Å². The third kappa shape index (κ3) is 5.95. The first kappa shape index (κ1) is 21.7. The van der Waals surface area contributed by atoms with Gasteiger partial charge in [0.05, 0.1) is 11.5 Å². The molecule has 0 saturated carbocycles. The highest BCUT2D eigenvalue weighted by atomic mass is 32.2. The summed E-state index contributed by atoms with van der Waals surface area (Å²) in [4.78, 5) is 36.4. The minimum absolute atomic E-state index is 0.0329. The number of ketones is 1. The van der Waals surface area contributed by atoms with Crippen molar-refractivity contribution in [3.05, 3.63) is 46.2 Å². The molecule has 0 aliphatic carbocycles. The number of aryl methyl sites for hydroxylation is 4. The van der Waals surface area contributed by atoms with Gasteiger partial charge in [0.15, 0.2) is 11.9 Å². The SMILES string of the molecule is Cc1cc(NC(=O)CSCC(=O)O[C@@H](C)C(=O)c2cc(C)c(C)cc2C)no1. The molecule has 1 atom stereocenters. The van der Waals surface area contributed by atoms with Crippen LogP contribution < -0.4 is 5.32 Å². The van der Waals surface area contributed by atoms with Crippen LogP contribution >= 0.6 is 11.8 Å². The zero-order chi connectivity index (χ0) is 20.8. The highest BCUT2D eigenvalue weighted by molar-refractivity contribution is 8.00. The fourth-order valence-electron chi connectivity index (χ4n) is 2.56. The van der Waals surface area contributed by atoms with E-state index >= 15 is 0 Å². The van der Waals surface area contributed by atoms with E-state index in [9.17, 15) is 14.4 Å². The number of Topliss-reactive ketones (excluding diaryl/α,β-unsaturated/α-hetero) is 1. The molecule has 0 fully saturated rings. The summed E-state index contributed by atoms with van der Waals surface area (Å²) in [7, 11) is 0. The lowest BCUT2D eigenvalue weighted by atomic mass is 9.96. The first-order chi connectivity index (χ1) is 13.2. The maximum Gasteiger partial charge on any atom is 0.316 e. The van der Waals surface area contributed by atoms with Crippen LogP contribution in [0.3, 0.4) is 0 Å². The largest absolute Gasteiger partial charge is 0.454 e. The summed E-state index contributed by atoms with van der Waals surface area (Å²) < 4.78 is 10.1. The number of rotatable bonds is 8. The van der Waals surface area contributed by atoms with Gasteiger partial charge in [0.2, 0.25) is 11.7 Å². The van der Waals surface area contributed by atoms with Gasteiger partial charge in [-0.05, 0) is 57.4 Å². The van der Waals surface area contributed by atoms with Crippen molar-refractivity contribution in [1.82, 2.24) is 5.16 Å². The Balaban J connectivity index is 1.79. The lowest BCUT2D eigenvalue weighted by Gasteiger charge is -2.15. The van der Waals surface area contributed by atoms with E-state index in [1.165, 1.54) is 0 Å². The Morgan fingerprint density at radius 3 is 2.39 bits per heavy atom. The van der Waals surface area contributed by atoms with Crippen LogP contribution in [0, 0.1) is 27.7 Å². The average Bonchev–Trinajstić information content (AvgIpc) is 3.02. The number of carbonyl (C=O) groups is 3. The van der Waals surface area contributed by atoms with Crippen LogP contribution in [0.5, 0.6) is 0 Å². The van der Waals surface area contributed by atoms with Crippen LogP contribution in [0.2, 0.25) is 0 Å². The van der Waals surface area contributed by atoms with Gasteiger partial charge in [-0.15, -0.1) is 11.8 Å². The van der Waals surface area contributed by atoms with Gasteiger partial charge >= 0.3 is 5.97 Å². The molecule has 1 aromatic carbocycles. The Morgan fingerprint density at radius 1 is 1.07 bits per heavy atom. The van der Waals surface area contributed by atoms with E-state index in [1.807, 2.05) is 32.9 Å². The van der Waals surface area contributed by atoms with E-state index in [4.69, 9.17) is 9.26 Å². The van der Waals surface area contributed by atoms with Crippen molar-refractivity contribution in [3.63, 3.8) is 0 Å². The molecule has 0 bridgehead atoms. The molecule has 0 unspecified atom stereocenters. The number of carbonyl (C=O) groups excluding carboxylic acids is 3. The standard InChI is InChI=1S/C20H24N2O5S/c1-11-6-13(3)16(7-12(11)2)20(25)15(5)26-19(24)10-28-9-18(23)21-17-8-14(4)27-22-17/h6-8,15H,9-10H2,1-5H3,(H,21,22,23)/t15-/m0/s1. The Kier molecular flexibility index (Phi) is 7.39. The van der Waals surface area contributed by atoms with Crippen LogP contribution in [-0.4, -0.2) is 40.4 Å². The van der Waals surface area contributed by atoms with Crippen molar-refractivity contribution in [1.29, 1.82) is 0 Å². The van der Waals surface area contributed by atoms with Crippen molar-refractivity contribution in [2.45, 2.75) is 40.7 Å². The first-order valence-corrected chi connectivity index (χ1v) is 9.95. The molecular formula is C20H24N2O5S. The van der Waals surface area contributed by atoms with Crippen LogP contribution in [0.15, 0.2) is 22.7 Å². The number of nitrogens with zero attached hydrogens (tertiary/aromatic N) is 1. The molecule has 0 spiro atoms. The number of benzene rings is 1. The van der Waals surface area contributed by atoms with Crippen LogP contribution in [-0.2, 0) is 14.3 Å². The molecule has 28 heavy (non-hydrogen) atoms. The van der Waals surface area contributed by atoms with E-state index < -0.39 is 12.1 Å². The molecule has 2 aromatic rings. The monoisotopic (exact) mass is 404 g/mol. The van der Waals surface area contributed by atoms with Gasteiger partial charge in [0.25, 0.3) is 0 Å². The van der Waals surface area contributed by atoms with E-state index in [0.29, 0.717) is 17.1 Å². The molecule has 7 nitrogen and oxygen atoms in total. The second kappa shape index (κ2) is 9.54. The Labute approximate surface area is 168 Å². The van der Waals surface area contributed by atoms with Crippen LogP contribution in [0.1, 0.15) is 39.7 Å². The topological polar surface area (TPSA) is 98.5 Å². The Bertz CT molecular complexity index is 891. The highest BCUT2D eigenvalue weighted by Gasteiger charge is 2.21. The molecule has 0 saturated heterocycles. The molecule has 2 rings (SSSR count). The summed E-state index contributed by atoms with van der Waals surface area (Å²) >= 11 is 1.10. The molecule has 0 radical (unpaired) electrons. The van der Waals surface area contributed by atoms with E-state index in [2.05, 4.69) is 10.5 Å². The first-order valence-electron chi connectivity index (χ1n) is 8.80. The van der Waals surface area contributed by atoms with E-state index in [-0.39, 0.29) is 23.2 Å². The van der Waals surface area contributed by atoms with Crippen molar-refractivity contribution in [3.8, 4) is 0 Å². The molecule has 1 amide bonds. The minimum atomic E-state index is -0.888. The minimum Gasteiger partial charge on any atom is -0.454 e. The number of thioether (sulfide) groups is 1. The molecule has 0 aliphatic heterocycles. The van der Waals surface area contributed by atoms with Gasteiger partial charge in [-0.3, -0.25) is 14.4 Å². The van der Waals surface area contributed by atoms with E-state index in [1.54, 1.807) is 19.9 Å². The van der Waals surface area contributed by atoms with Crippen LogP contribution in [0.25, 0.3) is 0 Å². The fraction of sp³-hybridized carbons (Fsp3) is 0.400. The summed E-state index contributed by atoms with van der Waals surface area (Å²) in [5.74, 6) is -0.150. The molecule has 8 heteroatoms.